The first-order chi connectivity index (χ1) is 12.4. The molecule has 0 aromatic heterocycles. The maximum Gasteiger partial charge on any atom is 0.346 e. The summed E-state index contributed by atoms with van der Waals surface area (Å²) in [7, 11) is 2.67. The van der Waals surface area contributed by atoms with Crippen molar-refractivity contribution in [3.8, 4) is 11.5 Å². The van der Waals surface area contributed by atoms with E-state index in [0.29, 0.717) is 0 Å². The Morgan fingerprint density at radius 3 is 2.31 bits per heavy atom. The molecule has 0 aliphatic heterocycles. The molecule has 9 heteroatoms. The highest BCUT2D eigenvalue weighted by atomic mass is 16.6. The third kappa shape index (κ3) is 4.41. The molecule has 1 atom stereocenters. The van der Waals surface area contributed by atoms with Crippen LogP contribution in [-0.2, 0) is 9.53 Å². The third-order valence-corrected chi connectivity index (χ3v) is 4.27. The molecular weight excluding hydrogens is 344 g/mol. The van der Waals surface area contributed by atoms with Crippen LogP contribution in [0.25, 0.3) is 0 Å². The van der Waals surface area contributed by atoms with Crippen LogP contribution in [0.5, 0.6) is 11.5 Å². The van der Waals surface area contributed by atoms with E-state index < -0.39 is 28.6 Å². The minimum absolute atomic E-state index is 0.0825. The fourth-order valence-corrected chi connectivity index (χ4v) is 2.85. The van der Waals surface area contributed by atoms with Gasteiger partial charge in [0, 0.05) is 12.1 Å². The van der Waals surface area contributed by atoms with Crippen LogP contribution in [0.4, 0.5) is 5.69 Å². The molecule has 1 aromatic rings. The molecule has 1 aromatic carbocycles. The quantitative estimate of drug-likeness (QED) is 0.446. The smallest absolute Gasteiger partial charge is 0.346 e. The van der Waals surface area contributed by atoms with Gasteiger partial charge < -0.3 is 19.5 Å². The lowest BCUT2D eigenvalue weighted by molar-refractivity contribution is -0.385. The Balaban J connectivity index is 2.16. The second kappa shape index (κ2) is 8.50. The maximum absolute atomic E-state index is 12.4. The Hall–Kier alpha value is -2.84. The maximum atomic E-state index is 12.4. The fraction of sp³-hybridized carbons (Fsp3) is 0.529. The number of nitrogens with zero attached hydrogens (tertiary/aromatic N) is 1. The normalized spacial score (nSPS) is 15.2. The predicted octanol–water partition coefficient (Wildman–Crippen LogP) is 2.22. The van der Waals surface area contributed by atoms with Crippen molar-refractivity contribution < 1.29 is 28.7 Å². The monoisotopic (exact) mass is 366 g/mol. The number of nitro groups is 1. The standard InChI is InChI=1S/C17H22N2O7/c1-10(16(20)18-11-6-4-5-7-11)26-17(21)12-8-14(24-2)15(25-3)9-13(12)19(22)23/h8-11H,4-7H2,1-3H3,(H,18,20)/t10-/m0/s1. The molecule has 142 valence electrons. The highest BCUT2D eigenvalue weighted by Crippen LogP contribution is 2.35. The second-order valence-corrected chi connectivity index (χ2v) is 6.02. The minimum atomic E-state index is -1.07. The lowest BCUT2D eigenvalue weighted by Crippen LogP contribution is -2.40. The molecule has 0 spiro atoms. The molecule has 1 amide bonds. The SMILES string of the molecule is COc1cc(C(=O)O[C@@H](C)C(=O)NC2CCCC2)c([N+](=O)[O-])cc1OC. The molecule has 1 aliphatic rings. The number of nitrogens with one attached hydrogen (secondary N) is 1. The van der Waals surface area contributed by atoms with Crippen LogP contribution >= 0.6 is 0 Å². The first kappa shape index (κ1) is 19.5. The van der Waals surface area contributed by atoms with Crippen molar-refractivity contribution in [2.75, 3.05) is 14.2 Å². The molecule has 0 unspecified atom stereocenters. The topological polar surface area (TPSA) is 117 Å². The van der Waals surface area contributed by atoms with Crippen molar-refractivity contribution in [2.24, 2.45) is 0 Å². The van der Waals surface area contributed by atoms with Crippen LogP contribution in [0.1, 0.15) is 43.0 Å². The van der Waals surface area contributed by atoms with Crippen LogP contribution in [0.2, 0.25) is 0 Å². The van der Waals surface area contributed by atoms with Crippen LogP contribution < -0.4 is 14.8 Å². The summed E-state index contributed by atoms with van der Waals surface area (Å²) in [5.74, 6) is -1.14. The van der Waals surface area contributed by atoms with E-state index in [1.165, 1.54) is 27.2 Å². The number of hydrogen-bond donors (Lipinski definition) is 1. The predicted molar refractivity (Wildman–Crippen MR) is 91.5 cm³/mol. The molecular formula is C17H22N2O7. The van der Waals surface area contributed by atoms with Gasteiger partial charge in [0.15, 0.2) is 17.6 Å². The van der Waals surface area contributed by atoms with E-state index in [0.717, 1.165) is 31.7 Å². The zero-order chi connectivity index (χ0) is 19.3. The number of nitro benzene ring substituents is 1. The van der Waals surface area contributed by atoms with Crippen molar-refractivity contribution in [3.05, 3.63) is 27.8 Å². The summed E-state index contributed by atoms with van der Waals surface area (Å²) in [5.41, 5.74) is -0.802. The summed E-state index contributed by atoms with van der Waals surface area (Å²) >= 11 is 0. The molecule has 1 fully saturated rings. The number of methoxy groups -OCH3 is 2. The van der Waals surface area contributed by atoms with Gasteiger partial charge in [0.05, 0.1) is 25.2 Å². The van der Waals surface area contributed by atoms with E-state index in [9.17, 15) is 19.7 Å². The largest absolute Gasteiger partial charge is 0.493 e. The highest BCUT2D eigenvalue weighted by Gasteiger charge is 2.29. The third-order valence-electron chi connectivity index (χ3n) is 4.27. The van der Waals surface area contributed by atoms with Gasteiger partial charge in [-0.15, -0.1) is 0 Å². The van der Waals surface area contributed by atoms with Crippen LogP contribution in [0.15, 0.2) is 12.1 Å². The van der Waals surface area contributed by atoms with Gasteiger partial charge in [0.1, 0.15) is 5.56 Å². The van der Waals surface area contributed by atoms with Gasteiger partial charge >= 0.3 is 5.97 Å². The molecule has 1 saturated carbocycles. The molecule has 0 heterocycles. The summed E-state index contributed by atoms with van der Waals surface area (Å²) in [6.45, 7) is 1.43. The Morgan fingerprint density at radius 1 is 1.19 bits per heavy atom. The first-order valence-electron chi connectivity index (χ1n) is 8.29. The van der Waals surface area contributed by atoms with E-state index in [1.807, 2.05) is 0 Å². The number of benzene rings is 1. The average molecular weight is 366 g/mol. The molecule has 0 saturated heterocycles. The van der Waals surface area contributed by atoms with Gasteiger partial charge in [0.2, 0.25) is 0 Å². The summed E-state index contributed by atoms with van der Waals surface area (Å²) in [6, 6.07) is 2.33. The van der Waals surface area contributed by atoms with Crippen LogP contribution in [0, 0.1) is 10.1 Å². The zero-order valence-corrected chi connectivity index (χ0v) is 14.9. The van der Waals surface area contributed by atoms with Gasteiger partial charge in [-0.3, -0.25) is 14.9 Å². The molecule has 26 heavy (non-hydrogen) atoms. The van der Waals surface area contributed by atoms with Gasteiger partial charge in [-0.2, -0.15) is 0 Å². The lowest BCUT2D eigenvalue weighted by Gasteiger charge is -2.17. The molecule has 9 nitrogen and oxygen atoms in total. The molecule has 0 radical (unpaired) electrons. The minimum Gasteiger partial charge on any atom is -0.493 e. The summed E-state index contributed by atoms with van der Waals surface area (Å²) in [4.78, 5) is 35.1. The number of amides is 1. The Bertz CT molecular complexity index is 699. The Morgan fingerprint density at radius 2 is 1.77 bits per heavy atom. The molecule has 0 bridgehead atoms. The number of carbonyl (C=O) groups excluding carboxylic acids is 2. The Labute approximate surface area is 150 Å². The van der Waals surface area contributed by atoms with Crippen molar-refractivity contribution in [2.45, 2.75) is 44.8 Å². The van der Waals surface area contributed by atoms with E-state index in [-0.39, 0.29) is 23.1 Å². The number of hydrogen-bond acceptors (Lipinski definition) is 7. The fourth-order valence-electron chi connectivity index (χ4n) is 2.85. The zero-order valence-electron chi connectivity index (χ0n) is 14.9. The second-order valence-electron chi connectivity index (χ2n) is 6.02. The molecule has 1 N–H and O–H groups in total. The van der Waals surface area contributed by atoms with E-state index in [1.54, 1.807) is 0 Å². The lowest BCUT2D eigenvalue weighted by atomic mass is 10.1. The summed E-state index contributed by atoms with van der Waals surface area (Å²) in [5, 5.41) is 14.1. The molecule has 1 aliphatic carbocycles. The van der Waals surface area contributed by atoms with Crippen molar-refractivity contribution in [3.63, 3.8) is 0 Å². The van der Waals surface area contributed by atoms with Gasteiger partial charge in [-0.25, -0.2) is 4.79 Å². The summed E-state index contributed by atoms with van der Waals surface area (Å²) < 4.78 is 15.2. The van der Waals surface area contributed by atoms with Gasteiger partial charge in [-0.05, 0) is 19.8 Å². The summed E-state index contributed by atoms with van der Waals surface area (Å²) in [6.07, 6.45) is 2.82. The molecule has 2 rings (SSSR count). The van der Waals surface area contributed by atoms with Gasteiger partial charge in [0.25, 0.3) is 11.6 Å². The van der Waals surface area contributed by atoms with E-state index >= 15 is 0 Å². The average Bonchev–Trinajstić information content (AvgIpc) is 3.13. The number of esters is 1. The Kier molecular flexibility index (Phi) is 6.37. The number of carbonyl (C=O) groups is 2. The van der Waals surface area contributed by atoms with E-state index in [2.05, 4.69) is 5.32 Å². The number of rotatable bonds is 7. The van der Waals surface area contributed by atoms with Crippen LogP contribution in [0.3, 0.4) is 0 Å². The van der Waals surface area contributed by atoms with Crippen molar-refractivity contribution in [1.29, 1.82) is 0 Å². The van der Waals surface area contributed by atoms with Crippen LogP contribution in [-0.4, -0.2) is 43.2 Å². The highest BCUT2D eigenvalue weighted by molar-refractivity contribution is 5.96. The van der Waals surface area contributed by atoms with Gasteiger partial charge in [-0.1, -0.05) is 12.8 Å². The number of ether oxygens (including phenoxy) is 3. The van der Waals surface area contributed by atoms with Crippen molar-refractivity contribution in [1.82, 2.24) is 5.32 Å². The van der Waals surface area contributed by atoms with E-state index in [4.69, 9.17) is 14.2 Å². The van der Waals surface area contributed by atoms with Crippen molar-refractivity contribution >= 4 is 17.6 Å². The first-order valence-corrected chi connectivity index (χ1v) is 8.29.